The van der Waals surface area contributed by atoms with Crippen molar-refractivity contribution in [1.82, 2.24) is 0 Å². The third-order valence-electron chi connectivity index (χ3n) is 3.82. The van der Waals surface area contributed by atoms with Crippen molar-refractivity contribution >= 4 is 29.1 Å². The molecule has 1 unspecified atom stereocenters. The average molecular weight is 313 g/mol. The maximum atomic E-state index is 6.49. The molecular weight excluding hydrogens is 288 g/mol. The van der Waals surface area contributed by atoms with Gasteiger partial charge in [-0.2, -0.15) is 11.8 Å². The number of hydrogen-bond donors (Lipinski definition) is 1. The molecule has 2 nitrogen and oxygen atoms in total. The molecule has 0 bridgehead atoms. The van der Waals surface area contributed by atoms with Gasteiger partial charge in [-0.15, -0.1) is 0 Å². The van der Waals surface area contributed by atoms with Crippen LogP contribution in [0, 0.1) is 0 Å². The Bertz CT molecular complexity index is 462. The lowest BCUT2D eigenvalue weighted by Gasteiger charge is -2.40. The summed E-state index contributed by atoms with van der Waals surface area (Å²) in [4.78, 5) is 2.44. The summed E-state index contributed by atoms with van der Waals surface area (Å²) in [5.74, 6) is 1.15. The van der Waals surface area contributed by atoms with Gasteiger partial charge in [0.25, 0.3) is 0 Å². The third-order valence-corrected chi connectivity index (χ3v) is 5.42. The predicted octanol–water partition coefficient (Wildman–Crippen LogP) is 3.95. The zero-order valence-electron chi connectivity index (χ0n) is 12.7. The maximum absolute atomic E-state index is 6.49. The minimum absolute atomic E-state index is 0.208. The van der Waals surface area contributed by atoms with Gasteiger partial charge in [-0.25, -0.2) is 0 Å². The molecule has 1 aliphatic heterocycles. The van der Waals surface area contributed by atoms with Crippen LogP contribution < -0.4 is 10.6 Å². The number of thioether (sulfide) groups is 1. The van der Waals surface area contributed by atoms with E-state index >= 15 is 0 Å². The Labute approximate surface area is 132 Å². The molecule has 1 heterocycles. The first-order chi connectivity index (χ1) is 9.43. The molecule has 1 saturated heterocycles. The van der Waals surface area contributed by atoms with E-state index in [1.54, 1.807) is 0 Å². The fraction of sp³-hybridized carbons (Fsp3) is 0.625. The highest BCUT2D eigenvalue weighted by Crippen LogP contribution is 2.37. The molecule has 0 aliphatic carbocycles. The van der Waals surface area contributed by atoms with Gasteiger partial charge < -0.3 is 10.6 Å². The average Bonchev–Trinajstić information content (AvgIpc) is 2.37. The molecule has 1 aliphatic rings. The van der Waals surface area contributed by atoms with Crippen LogP contribution >= 0.6 is 23.4 Å². The minimum atomic E-state index is 0.208. The maximum Gasteiger partial charge on any atom is 0.0642 e. The summed E-state index contributed by atoms with van der Waals surface area (Å²) in [6, 6.07) is 6.41. The van der Waals surface area contributed by atoms with Crippen LogP contribution in [-0.2, 0) is 6.42 Å². The van der Waals surface area contributed by atoms with Crippen molar-refractivity contribution in [3.8, 4) is 0 Å². The Hall–Kier alpha value is -0.380. The fourth-order valence-electron chi connectivity index (χ4n) is 2.71. The molecule has 0 amide bonds. The lowest BCUT2D eigenvalue weighted by molar-refractivity contribution is 0.629. The van der Waals surface area contributed by atoms with Crippen LogP contribution in [0.2, 0.25) is 5.02 Å². The van der Waals surface area contributed by atoms with E-state index in [9.17, 15) is 0 Å². The fourth-order valence-corrected chi connectivity index (χ4v) is 4.14. The first kappa shape index (κ1) is 16.0. The van der Waals surface area contributed by atoms with E-state index in [0.717, 1.165) is 36.7 Å². The van der Waals surface area contributed by atoms with E-state index in [2.05, 4.69) is 31.7 Å². The van der Waals surface area contributed by atoms with E-state index in [1.165, 1.54) is 11.3 Å². The van der Waals surface area contributed by atoms with Crippen molar-refractivity contribution in [3.05, 3.63) is 28.8 Å². The number of rotatable bonds is 4. The number of halogens is 1. The van der Waals surface area contributed by atoms with Crippen molar-refractivity contribution in [2.24, 2.45) is 5.73 Å². The summed E-state index contributed by atoms with van der Waals surface area (Å²) >= 11 is 8.53. The quantitative estimate of drug-likeness (QED) is 0.912. The predicted molar refractivity (Wildman–Crippen MR) is 92.2 cm³/mol. The first-order valence-corrected chi connectivity index (χ1v) is 8.71. The van der Waals surface area contributed by atoms with Crippen LogP contribution in [-0.4, -0.2) is 29.6 Å². The number of benzene rings is 1. The molecule has 2 N–H and O–H groups in total. The lowest BCUT2D eigenvalue weighted by Crippen LogP contribution is -2.43. The number of para-hydroxylation sites is 1. The van der Waals surface area contributed by atoms with Gasteiger partial charge >= 0.3 is 0 Å². The Morgan fingerprint density at radius 3 is 2.85 bits per heavy atom. The second-order valence-corrected chi connectivity index (χ2v) is 8.36. The minimum Gasteiger partial charge on any atom is -0.368 e. The van der Waals surface area contributed by atoms with Crippen LogP contribution in [0.25, 0.3) is 0 Å². The van der Waals surface area contributed by atoms with E-state index in [-0.39, 0.29) is 10.8 Å². The second-order valence-electron chi connectivity index (χ2n) is 6.15. The molecule has 4 heteroatoms. The van der Waals surface area contributed by atoms with E-state index in [4.69, 9.17) is 17.3 Å². The number of nitrogens with zero attached hydrogens (tertiary/aromatic N) is 1. The Balaban J connectivity index is 2.29. The normalized spacial score (nSPS) is 19.9. The molecule has 0 spiro atoms. The molecule has 1 fully saturated rings. The van der Waals surface area contributed by atoms with Gasteiger partial charge in [-0.3, -0.25) is 0 Å². The summed E-state index contributed by atoms with van der Waals surface area (Å²) in [6.07, 6.45) is 1.89. The van der Waals surface area contributed by atoms with Crippen LogP contribution in [0.15, 0.2) is 18.2 Å². The number of hydrogen-bond acceptors (Lipinski definition) is 3. The van der Waals surface area contributed by atoms with E-state index < -0.39 is 0 Å². The van der Waals surface area contributed by atoms with Crippen molar-refractivity contribution in [1.29, 1.82) is 0 Å². The zero-order chi connectivity index (χ0) is 14.8. The Morgan fingerprint density at radius 2 is 2.20 bits per heavy atom. The van der Waals surface area contributed by atoms with Gasteiger partial charge in [0.15, 0.2) is 0 Å². The van der Waals surface area contributed by atoms with Crippen molar-refractivity contribution in [2.45, 2.75) is 44.4 Å². The van der Waals surface area contributed by atoms with Gasteiger partial charge in [0, 0.05) is 29.6 Å². The summed E-state index contributed by atoms with van der Waals surface area (Å²) in [7, 11) is 0. The molecular formula is C16H25ClN2S. The van der Waals surface area contributed by atoms with Gasteiger partial charge in [-0.1, -0.05) is 30.7 Å². The van der Waals surface area contributed by atoms with Crippen LogP contribution in [0.1, 0.15) is 32.8 Å². The molecule has 1 atom stereocenters. The first-order valence-electron chi connectivity index (χ1n) is 7.35. The van der Waals surface area contributed by atoms with Crippen LogP contribution in [0.5, 0.6) is 0 Å². The van der Waals surface area contributed by atoms with Gasteiger partial charge in [0.05, 0.1) is 10.7 Å². The molecule has 0 aromatic heterocycles. The van der Waals surface area contributed by atoms with Gasteiger partial charge in [0.1, 0.15) is 0 Å². The summed E-state index contributed by atoms with van der Waals surface area (Å²) in [5.41, 5.74) is 8.63. The van der Waals surface area contributed by atoms with Crippen molar-refractivity contribution < 1.29 is 0 Å². The largest absolute Gasteiger partial charge is 0.368 e. The molecule has 20 heavy (non-hydrogen) atoms. The number of anilines is 1. The third kappa shape index (κ3) is 3.84. The van der Waals surface area contributed by atoms with E-state index in [0.29, 0.717) is 0 Å². The second kappa shape index (κ2) is 6.59. The smallest absolute Gasteiger partial charge is 0.0642 e. The molecule has 2 rings (SSSR count). The van der Waals surface area contributed by atoms with Gasteiger partial charge in [-0.05, 0) is 38.3 Å². The highest BCUT2D eigenvalue weighted by atomic mass is 35.5. The highest BCUT2D eigenvalue weighted by molar-refractivity contribution is 8.00. The molecule has 1 aromatic rings. The zero-order valence-corrected chi connectivity index (χ0v) is 14.2. The highest BCUT2D eigenvalue weighted by Gasteiger charge is 2.29. The summed E-state index contributed by atoms with van der Waals surface area (Å²) in [5, 5.41) is 0.855. The van der Waals surface area contributed by atoms with Crippen molar-refractivity contribution in [3.63, 3.8) is 0 Å². The van der Waals surface area contributed by atoms with Crippen LogP contribution in [0.4, 0.5) is 5.69 Å². The Morgan fingerprint density at radius 1 is 1.45 bits per heavy atom. The topological polar surface area (TPSA) is 29.3 Å². The van der Waals surface area contributed by atoms with E-state index in [1.807, 2.05) is 23.9 Å². The number of nitrogens with two attached hydrogens (primary N) is 1. The molecule has 1 aromatic carbocycles. The molecule has 112 valence electrons. The molecule has 0 saturated carbocycles. The lowest BCUT2D eigenvalue weighted by atomic mass is 10.0. The molecule has 0 radical (unpaired) electrons. The summed E-state index contributed by atoms with van der Waals surface area (Å²) < 4.78 is 0.279. The standard InChI is InChI=1S/C16H25ClN2S/c1-4-13(18)10-12-6-5-7-14(17)15(12)19-8-9-20-16(2,3)11-19/h5-7,13H,4,8-11,18H2,1-3H3. The van der Waals surface area contributed by atoms with Crippen LogP contribution in [0.3, 0.4) is 0 Å². The van der Waals surface area contributed by atoms with Gasteiger partial charge in [0.2, 0.25) is 0 Å². The summed E-state index contributed by atoms with van der Waals surface area (Å²) in [6.45, 7) is 8.84. The monoisotopic (exact) mass is 312 g/mol. The van der Waals surface area contributed by atoms with Crippen molar-refractivity contribution in [2.75, 3.05) is 23.7 Å². The SMILES string of the molecule is CCC(N)Cc1cccc(Cl)c1N1CCSC(C)(C)C1. The Kier molecular flexibility index (Phi) is 5.27.